The highest BCUT2D eigenvalue weighted by atomic mass is 16.5. The van der Waals surface area contributed by atoms with Crippen molar-refractivity contribution >= 4 is 17.6 Å². The van der Waals surface area contributed by atoms with Crippen molar-refractivity contribution in [3.05, 3.63) is 35.9 Å². The van der Waals surface area contributed by atoms with Gasteiger partial charge in [0.15, 0.2) is 0 Å². The fraction of sp³-hybridized carbons (Fsp3) is 0.412. The Morgan fingerprint density at radius 1 is 1.26 bits per heavy atom. The van der Waals surface area contributed by atoms with E-state index in [4.69, 9.17) is 4.74 Å². The number of carboxylic acid groups (broad SMARTS) is 1. The van der Waals surface area contributed by atoms with Gasteiger partial charge in [-0.1, -0.05) is 12.2 Å². The molecule has 6 nitrogen and oxygen atoms in total. The number of carbonyl (C=O) groups is 2. The predicted octanol–water partition coefficient (Wildman–Crippen LogP) is 2.18. The number of nitrogens with one attached hydrogen (secondary N) is 1. The van der Waals surface area contributed by atoms with Crippen molar-refractivity contribution in [2.75, 3.05) is 11.9 Å². The van der Waals surface area contributed by atoms with Crippen molar-refractivity contribution in [3.8, 4) is 5.75 Å². The summed E-state index contributed by atoms with van der Waals surface area (Å²) in [6, 6.07) is 4.99. The third-order valence-corrected chi connectivity index (χ3v) is 3.88. The maximum absolute atomic E-state index is 12.4. The lowest BCUT2D eigenvalue weighted by Gasteiger charge is -2.24. The Bertz CT molecular complexity index is 611. The van der Waals surface area contributed by atoms with Crippen LogP contribution >= 0.6 is 0 Å². The molecule has 0 saturated heterocycles. The van der Waals surface area contributed by atoms with E-state index in [0.29, 0.717) is 36.4 Å². The lowest BCUT2D eigenvalue weighted by molar-refractivity contribution is -0.146. The average molecular weight is 319 g/mol. The predicted molar refractivity (Wildman–Crippen MR) is 85.2 cm³/mol. The largest absolute Gasteiger partial charge is 0.494 e. The van der Waals surface area contributed by atoms with E-state index in [1.165, 1.54) is 0 Å². The second kappa shape index (κ2) is 7.78. The molecule has 1 aromatic carbocycles. The van der Waals surface area contributed by atoms with Gasteiger partial charge in [-0.25, -0.2) is 0 Å². The standard InChI is InChI=1S/C17H21NO5/c1-2-23-15-8-7-12(9-11(15)10-19)18-16(20)13-5-3-4-6-14(13)17(21)22/h3-4,7-9,13-14,19H,2,5-6,10H2,1H3,(H,18,20)(H,21,22)/t13-,14+/m1/s1. The molecule has 1 aromatic rings. The van der Waals surface area contributed by atoms with Crippen LogP contribution in [0.15, 0.2) is 30.4 Å². The van der Waals surface area contributed by atoms with Crippen LogP contribution in [-0.2, 0) is 16.2 Å². The Hall–Kier alpha value is -2.34. The van der Waals surface area contributed by atoms with Gasteiger partial charge in [0.2, 0.25) is 5.91 Å². The van der Waals surface area contributed by atoms with E-state index in [9.17, 15) is 19.8 Å². The zero-order chi connectivity index (χ0) is 16.8. The second-order valence-electron chi connectivity index (χ2n) is 5.40. The molecule has 23 heavy (non-hydrogen) atoms. The molecule has 0 aromatic heterocycles. The van der Waals surface area contributed by atoms with E-state index in [2.05, 4.69) is 5.32 Å². The number of aliphatic hydroxyl groups is 1. The molecule has 0 bridgehead atoms. The van der Waals surface area contributed by atoms with Gasteiger partial charge in [-0.2, -0.15) is 0 Å². The first-order valence-electron chi connectivity index (χ1n) is 7.62. The van der Waals surface area contributed by atoms with Gasteiger partial charge < -0.3 is 20.3 Å². The maximum Gasteiger partial charge on any atom is 0.307 e. The summed E-state index contributed by atoms with van der Waals surface area (Å²) in [5, 5.41) is 21.4. The van der Waals surface area contributed by atoms with Crippen LogP contribution in [0.2, 0.25) is 0 Å². The van der Waals surface area contributed by atoms with Crippen LogP contribution in [0.5, 0.6) is 5.75 Å². The molecule has 0 saturated carbocycles. The topological polar surface area (TPSA) is 95.9 Å². The monoisotopic (exact) mass is 319 g/mol. The minimum atomic E-state index is -0.961. The fourth-order valence-electron chi connectivity index (χ4n) is 2.69. The first-order chi connectivity index (χ1) is 11.1. The number of aliphatic carboxylic acids is 1. The summed E-state index contributed by atoms with van der Waals surface area (Å²) in [5.41, 5.74) is 1.09. The zero-order valence-electron chi connectivity index (χ0n) is 13.0. The van der Waals surface area contributed by atoms with Crippen molar-refractivity contribution in [1.82, 2.24) is 0 Å². The highest BCUT2D eigenvalue weighted by molar-refractivity contribution is 5.95. The molecule has 1 aliphatic carbocycles. The maximum atomic E-state index is 12.4. The van der Waals surface area contributed by atoms with Gasteiger partial charge in [-0.05, 0) is 38.0 Å². The van der Waals surface area contributed by atoms with E-state index in [-0.39, 0.29) is 12.5 Å². The first kappa shape index (κ1) is 17.0. The van der Waals surface area contributed by atoms with Gasteiger partial charge in [-0.3, -0.25) is 9.59 Å². The molecule has 1 aliphatic rings. The van der Waals surface area contributed by atoms with Crippen molar-refractivity contribution in [1.29, 1.82) is 0 Å². The molecule has 0 fully saturated rings. The van der Waals surface area contributed by atoms with Crippen LogP contribution in [0.1, 0.15) is 25.3 Å². The van der Waals surface area contributed by atoms with Crippen molar-refractivity contribution in [2.24, 2.45) is 11.8 Å². The van der Waals surface area contributed by atoms with Crippen LogP contribution in [0, 0.1) is 11.8 Å². The van der Waals surface area contributed by atoms with Crippen LogP contribution < -0.4 is 10.1 Å². The molecular weight excluding hydrogens is 298 g/mol. The smallest absolute Gasteiger partial charge is 0.307 e. The van der Waals surface area contributed by atoms with Gasteiger partial charge >= 0.3 is 5.97 Å². The van der Waals surface area contributed by atoms with Crippen LogP contribution in [-0.4, -0.2) is 28.7 Å². The minimum absolute atomic E-state index is 0.205. The molecular formula is C17H21NO5. The normalized spacial score (nSPS) is 20.1. The number of carbonyl (C=O) groups excluding carboxylic acids is 1. The highest BCUT2D eigenvalue weighted by Gasteiger charge is 2.33. The number of carboxylic acids is 1. The molecule has 2 rings (SSSR count). The number of hydrogen-bond acceptors (Lipinski definition) is 4. The van der Waals surface area contributed by atoms with E-state index < -0.39 is 17.8 Å². The third-order valence-electron chi connectivity index (χ3n) is 3.88. The molecule has 0 heterocycles. The summed E-state index contributed by atoms with van der Waals surface area (Å²) in [4.78, 5) is 23.7. The van der Waals surface area contributed by atoms with Crippen molar-refractivity contribution in [2.45, 2.75) is 26.4 Å². The average Bonchev–Trinajstić information content (AvgIpc) is 2.56. The number of benzene rings is 1. The van der Waals surface area contributed by atoms with Gasteiger partial charge in [0.05, 0.1) is 25.0 Å². The van der Waals surface area contributed by atoms with Crippen LogP contribution in [0.3, 0.4) is 0 Å². The van der Waals surface area contributed by atoms with Crippen molar-refractivity contribution in [3.63, 3.8) is 0 Å². The number of hydrogen-bond donors (Lipinski definition) is 3. The fourth-order valence-corrected chi connectivity index (χ4v) is 2.69. The van der Waals surface area contributed by atoms with Gasteiger partial charge in [0.25, 0.3) is 0 Å². The van der Waals surface area contributed by atoms with Gasteiger partial charge in [0, 0.05) is 11.3 Å². The SMILES string of the molecule is CCOc1ccc(NC(=O)[C@@H]2CC=CC[C@@H]2C(=O)O)cc1CO. The molecule has 3 N–H and O–H groups in total. The van der Waals surface area contributed by atoms with E-state index in [0.717, 1.165) is 0 Å². The van der Waals surface area contributed by atoms with Crippen LogP contribution in [0.4, 0.5) is 5.69 Å². The summed E-state index contributed by atoms with van der Waals surface area (Å²) in [6.07, 6.45) is 4.40. The molecule has 0 radical (unpaired) electrons. The summed E-state index contributed by atoms with van der Waals surface area (Å²) in [7, 11) is 0. The van der Waals surface area contributed by atoms with Crippen molar-refractivity contribution < 1.29 is 24.5 Å². The Balaban J connectivity index is 2.13. The summed E-state index contributed by atoms with van der Waals surface area (Å²) in [6.45, 7) is 2.12. The van der Waals surface area contributed by atoms with Gasteiger partial charge in [0.1, 0.15) is 5.75 Å². The molecule has 2 atom stereocenters. The Labute approximate surface area is 134 Å². The summed E-state index contributed by atoms with van der Waals surface area (Å²) >= 11 is 0. The van der Waals surface area contributed by atoms with E-state index >= 15 is 0 Å². The molecule has 1 amide bonds. The lowest BCUT2D eigenvalue weighted by Crippen LogP contribution is -2.34. The second-order valence-corrected chi connectivity index (χ2v) is 5.40. The molecule has 124 valence electrons. The molecule has 0 spiro atoms. The first-order valence-corrected chi connectivity index (χ1v) is 7.62. The Morgan fingerprint density at radius 3 is 2.57 bits per heavy atom. The number of rotatable bonds is 6. The number of anilines is 1. The Kier molecular flexibility index (Phi) is 5.76. The summed E-state index contributed by atoms with van der Waals surface area (Å²) in [5.74, 6) is -2.02. The lowest BCUT2D eigenvalue weighted by atomic mass is 9.82. The van der Waals surface area contributed by atoms with E-state index in [1.807, 2.05) is 13.0 Å². The Morgan fingerprint density at radius 2 is 1.96 bits per heavy atom. The quantitative estimate of drug-likeness (QED) is 0.699. The zero-order valence-corrected chi connectivity index (χ0v) is 13.0. The molecule has 6 heteroatoms. The summed E-state index contributed by atoms with van der Waals surface area (Å²) < 4.78 is 5.39. The highest BCUT2D eigenvalue weighted by Crippen LogP contribution is 2.28. The molecule has 0 aliphatic heterocycles. The minimum Gasteiger partial charge on any atom is -0.494 e. The third kappa shape index (κ3) is 4.10. The number of ether oxygens (including phenoxy) is 1. The van der Waals surface area contributed by atoms with E-state index in [1.54, 1.807) is 24.3 Å². The number of allylic oxidation sites excluding steroid dienone is 2. The van der Waals surface area contributed by atoms with Crippen LogP contribution in [0.25, 0.3) is 0 Å². The van der Waals surface area contributed by atoms with Gasteiger partial charge in [-0.15, -0.1) is 0 Å². The number of aliphatic hydroxyl groups excluding tert-OH is 1. The number of amides is 1. The molecule has 0 unspecified atom stereocenters.